The summed E-state index contributed by atoms with van der Waals surface area (Å²) in [6.07, 6.45) is 1.98. The maximum absolute atomic E-state index is 4.02. The number of hydrogen-bond acceptors (Lipinski definition) is 1. The number of anilines is 3. The summed E-state index contributed by atoms with van der Waals surface area (Å²) >= 11 is 0. The van der Waals surface area contributed by atoms with Gasteiger partial charge in [-0.15, -0.1) is 6.58 Å². The van der Waals surface area contributed by atoms with Crippen LogP contribution in [-0.4, -0.2) is 4.57 Å². The number of aromatic nitrogens is 1. The largest absolute Gasteiger partial charge is 0.337 e. The highest BCUT2D eigenvalue weighted by Gasteiger charge is 2.29. The highest BCUT2D eigenvalue weighted by molar-refractivity contribution is 6.24. The third-order valence-corrected chi connectivity index (χ3v) is 6.87. The monoisotopic (exact) mass is 422 g/mol. The first kappa shape index (κ1) is 18.3. The number of rotatable bonds is 3. The quantitative estimate of drug-likeness (QED) is 0.259. The van der Waals surface area contributed by atoms with Crippen LogP contribution >= 0.6 is 0 Å². The van der Waals surface area contributed by atoms with Gasteiger partial charge in [-0.25, -0.2) is 0 Å². The van der Waals surface area contributed by atoms with Gasteiger partial charge in [0, 0.05) is 39.5 Å². The summed E-state index contributed by atoms with van der Waals surface area (Å²) in [5, 5.41) is 5.15. The van der Waals surface area contributed by atoms with E-state index < -0.39 is 0 Å². The van der Waals surface area contributed by atoms with Crippen LogP contribution < -0.4 is 4.90 Å². The van der Waals surface area contributed by atoms with Crippen LogP contribution in [0, 0.1) is 0 Å². The molecule has 0 amide bonds. The van der Waals surface area contributed by atoms with Gasteiger partial charge in [0.2, 0.25) is 0 Å². The van der Waals surface area contributed by atoms with Crippen molar-refractivity contribution in [3.8, 4) is 11.1 Å². The van der Waals surface area contributed by atoms with Gasteiger partial charge >= 0.3 is 0 Å². The molecule has 0 atom stereocenters. The molecule has 0 fully saturated rings. The van der Waals surface area contributed by atoms with Crippen LogP contribution in [-0.2, 0) is 6.54 Å². The minimum absolute atomic E-state index is 0.778. The van der Waals surface area contributed by atoms with Crippen molar-refractivity contribution in [1.29, 1.82) is 0 Å². The van der Waals surface area contributed by atoms with Crippen LogP contribution in [0.15, 0.2) is 116 Å². The lowest BCUT2D eigenvalue weighted by atomic mass is 9.89. The van der Waals surface area contributed by atoms with Gasteiger partial charge in [-0.2, -0.15) is 0 Å². The summed E-state index contributed by atoms with van der Waals surface area (Å²) in [5.74, 6) is 0. The lowest BCUT2D eigenvalue weighted by Crippen LogP contribution is -2.15. The van der Waals surface area contributed by atoms with Crippen LogP contribution in [0.4, 0.5) is 17.1 Å². The van der Waals surface area contributed by atoms with E-state index in [2.05, 4.69) is 119 Å². The molecule has 0 radical (unpaired) electrons. The molecular formula is C31H22N2. The Morgan fingerprint density at radius 1 is 0.636 bits per heavy atom. The second-order valence-corrected chi connectivity index (χ2v) is 8.62. The van der Waals surface area contributed by atoms with Crippen molar-refractivity contribution in [1.82, 2.24) is 4.57 Å². The van der Waals surface area contributed by atoms with E-state index in [1.807, 2.05) is 6.08 Å². The van der Waals surface area contributed by atoms with Crippen molar-refractivity contribution in [2.45, 2.75) is 6.54 Å². The Labute approximate surface area is 192 Å². The molecule has 0 spiro atoms. The SMILES string of the molecule is C=CCn1c2ccccc2c2c3c(ccc21)-c1cccc2cccc(c12)N3c1ccccc1. The van der Waals surface area contributed by atoms with E-state index >= 15 is 0 Å². The Bertz CT molecular complexity index is 1700. The summed E-state index contributed by atoms with van der Waals surface area (Å²) in [7, 11) is 0. The van der Waals surface area contributed by atoms with Crippen LogP contribution in [0.3, 0.4) is 0 Å². The number of benzene rings is 5. The minimum Gasteiger partial charge on any atom is -0.337 e. The topological polar surface area (TPSA) is 8.17 Å². The van der Waals surface area contributed by atoms with Gasteiger partial charge < -0.3 is 9.47 Å². The lowest BCUT2D eigenvalue weighted by Gasteiger charge is -2.34. The van der Waals surface area contributed by atoms with Gasteiger partial charge in [-0.1, -0.05) is 78.9 Å². The second-order valence-electron chi connectivity index (χ2n) is 8.62. The molecule has 2 nitrogen and oxygen atoms in total. The molecule has 1 aromatic heterocycles. The zero-order chi connectivity index (χ0) is 21.9. The van der Waals surface area contributed by atoms with Crippen LogP contribution in [0.2, 0.25) is 0 Å². The summed E-state index contributed by atoms with van der Waals surface area (Å²) in [5.41, 5.74) is 8.71. The number of allylic oxidation sites excluding steroid dienone is 1. The average molecular weight is 423 g/mol. The average Bonchev–Trinajstić information content (AvgIpc) is 3.19. The molecule has 2 heterocycles. The molecule has 33 heavy (non-hydrogen) atoms. The fourth-order valence-electron chi connectivity index (χ4n) is 5.59. The molecule has 7 rings (SSSR count). The third kappa shape index (κ3) is 2.43. The molecule has 6 aromatic rings. The molecule has 0 saturated carbocycles. The third-order valence-electron chi connectivity index (χ3n) is 6.87. The summed E-state index contributed by atoms with van der Waals surface area (Å²) < 4.78 is 2.38. The van der Waals surface area contributed by atoms with Crippen molar-refractivity contribution >= 4 is 49.6 Å². The Morgan fingerprint density at radius 2 is 1.42 bits per heavy atom. The summed E-state index contributed by atoms with van der Waals surface area (Å²) in [4.78, 5) is 2.46. The molecule has 1 aliphatic heterocycles. The van der Waals surface area contributed by atoms with E-state index in [0.29, 0.717) is 0 Å². The Balaban J connectivity index is 1.72. The molecule has 5 aromatic carbocycles. The van der Waals surface area contributed by atoms with E-state index in [4.69, 9.17) is 0 Å². The fraction of sp³-hybridized carbons (Fsp3) is 0.0323. The molecule has 0 unspecified atom stereocenters. The molecule has 0 saturated heterocycles. The first-order chi connectivity index (χ1) is 16.4. The van der Waals surface area contributed by atoms with Gasteiger partial charge in [-0.05, 0) is 41.3 Å². The maximum atomic E-state index is 4.02. The maximum Gasteiger partial charge on any atom is 0.0640 e. The van der Waals surface area contributed by atoms with Crippen molar-refractivity contribution in [3.05, 3.63) is 116 Å². The molecular weight excluding hydrogens is 400 g/mol. The van der Waals surface area contributed by atoms with Crippen LogP contribution in [0.5, 0.6) is 0 Å². The first-order valence-corrected chi connectivity index (χ1v) is 11.4. The molecule has 2 heteroatoms. The Hall–Kier alpha value is -4.30. The smallest absolute Gasteiger partial charge is 0.0640 e. The fourth-order valence-corrected chi connectivity index (χ4v) is 5.59. The summed E-state index contributed by atoms with van der Waals surface area (Å²) in [6.45, 7) is 4.80. The lowest BCUT2D eigenvalue weighted by molar-refractivity contribution is 0.901. The van der Waals surface area contributed by atoms with Crippen LogP contribution in [0.1, 0.15) is 0 Å². The number of para-hydroxylation sites is 2. The van der Waals surface area contributed by atoms with E-state index in [-0.39, 0.29) is 0 Å². The zero-order valence-corrected chi connectivity index (χ0v) is 18.2. The van der Waals surface area contributed by atoms with Crippen molar-refractivity contribution in [2.24, 2.45) is 0 Å². The molecule has 156 valence electrons. The van der Waals surface area contributed by atoms with Gasteiger partial charge in [-0.3, -0.25) is 0 Å². The van der Waals surface area contributed by atoms with E-state index in [9.17, 15) is 0 Å². The minimum atomic E-state index is 0.778. The van der Waals surface area contributed by atoms with Crippen molar-refractivity contribution in [2.75, 3.05) is 4.90 Å². The predicted octanol–water partition coefficient (Wildman–Crippen LogP) is 8.58. The van der Waals surface area contributed by atoms with E-state index in [1.54, 1.807) is 0 Å². The first-order valence-electron chi connectivity index (χ1n) is 11.4. The molecule has 0 N–H and O–H groups in total. The number of hydrogen-bond donors (Lipinski definition) is 0. The number of nitrogens with zero attached hydrogens (tertiary/aromatic N) is 2. The normalized spacial score (nSPS) is 12.4. The highest BCUT2D eigenvalue weighted by atomic mass is 15.2. The molecule has 0 aliphatic carbocycles. The summed E-state index contributed by atoms with van der Waals surface area (Å²) in [6, 6.07) is 37.4. The van der Waals surface area contributed by atoms with Crippen molar-refractivity contribution < 1.29 is 0 Å². The zero-order valence-electron chi connectivity index (χ0n) is 18.2. The molecule has 1 aliphatic rings. The highest BCUT2D eigenvalue weighted by Crippen LogP contribution is 2.54. The Kier molecular flexibility index (Phi) is 3.80. The standard InChI is InChI=1S/C31H22N2/c1-2-20-32-26-16-7-6-14-25(26)30-27(32)19-18-24-23-15-8-10-21-11-9-17-28(29(21)23)33(31(24)30)22-12-4-3-5-13-22/h2-19H,1,20H2. The number of fused-ring (bicyclic) bond motifs is 6. The van der Waals surface area contributed by atoms with Gasteiger partial charge in [0.05, 0.1) is 16.9 Å². The van der Waals surface area contributed by atoms with Crippen molar-refractivity contribution in [3.63, 3.8) is 0 Å². The molecule has 0 bridgehead atoms. The van der Waals surface area contributed by atoms with E-state index in [1.165, 1.54) is 60.8 Å². The van der Waals surface area contributed by atoms with Gasteiger partial charge in [0.25, 0.3) is 0 Å². The van der Waals surface area contributed by atoms with E-state index in [0.717, 1.165) is 6.54 Å². The predicted molar refractivity (Wildman–Crippen MR) is 141 cm³/mol. The Morgan fingerprint density at radius 3 is 2.27 bits per heavy atom. The van der Waals surface area contributed by atoms with Gasteiger partial charge in [0.1, 0.15) is 0 Å². The second kappa shape index (κ2) is 6.85. The van der Waals surface area contributed by atoms with Gasteiger partial charge in [0.15, 0.2) is 0 Å². The van der Waals surface area contributed by atoms with Crippen LogP contribution in [0.25, 0.3) is 43.7 Å².